The van der Waals surface area contributed by atoms with Crippen LogP contribution in [0, 0.1) is 22.7 Å². The molecule has 2 aromatic heterocycles. The molecule has 5 aliphatic heterocycles. The molecule has 5 N–H and O–H groups in total. The van der Waals surface area contributed by atoms with E-state index in [0.717, 1.165) is 63.7 Å². The molecule has 2 bridgehead atoms. The Morgan fingerprint density at radius 3 is 1.92 bits per heavy atom. The number of H-pyrrole nitrogens is 2. The number of ether oxygens (including phenoxy) is 3. The minimum Gasteiger partial charge on any atom is -0.398 e. The Morgan fingerprint density at radius 2 is 1.38 bits per heavy atom. The van der Waals surface area contributed by atoms with Crippen molar-refractivity contribution >= 4 is 87.5 Å². The SMILES string of the molecule is CCOC(C)CN1C[C@@H](C)OC[C@H]1C.N#Cc1cc(N)c2c(c1)N(S(=O)(=O)c1cccc3c(=O)[nH]cc(Cl)c13)CC2.N#Cc1cc(NCCN2C[C@H]3C[C@@H]2CO3)c2c(c1)N(S(=O)(=O)c1cccc3c(=O)[nH]cc(Cl)c13)CC2. The van der Waals surface area contributed by atoms with Crippen molar-refractivity contribution in [1.82, 2.24) is 19.8 Å². The molecular formula is C54H60Cl2N10O9S2. The fourth-order valence-corrected chi connectivity index (χ4v) is 15.0. The van der Waals surface area contributed by atoms with Crippen LogP contribution in [0.2, 0.25) is 10.0 Å². The summed E-state index contributed by atoms with van der Waals surface area (Å²) in [5.74, 6) is 0. The molecule has 7 heterocycles. The van der Waals surface area contributed by atoms with Gasteiger partial charge in [-0.05, 0) is 95.5 Å². The Labute approximate surface area is 457 Å². The van der Waals surface area contributed by atoms with Gasteiger partial charge in [-0.15, -0.1) is 0 Å². The molecule has 0 amide bonds. The summed E-state index contributed by atoms with van der Waals surface area (Å²) in [6.07, 6.45) is 5.61. The van der Waals surface area contributed by atoms with Crippen LogP contribution in [0.5, 0.6) is 0 Å². The highest BCUT2D eigenvalue weighted by molar-refractivity contribution is 7.93. The molecule has 19 nitrogen and oxygen atoms in total. The molecule has 406 valence electrons. The second-order valence-corrected chi connectivity index (χ2v) is 24.2. The van der Waals surface area contributed by atoms with Gasteiger partial charge in [0, 0.05) is 121 Å². The van der Waals surface area contributed by atoms with Gasteiger partial charge in [-0.1, -0.05) is 35.3 Å². The number of benzene rings is 4. The summed E-state index contributed by atoms with van der Waals surface area (Å²) in [5, 5.41) is 23.3. The van der Waals surface area contributed by atoms with E-state index in [4.69, 9.17) is 43.1 Å². The molecule has 0 aliphatic carbocycles. The van der Waals surface area contributed by atoms with Crippen molar-refractivity contribution in [2.75, 3.05) is 85.3 Å². The van der Waals surface area contributed by atoms with Crippen molar-refractivity contribution in [2.45, 2.75) is 87.1 Å². The van der Waals surface area contributed by atoms with Crippen molar-refractivity contribution in [3.05, 3.63) is 126 Å². The summed E-state index contributed by atoms with van der Waals surface area (Å²) in [6, 6.07) is 20.5. The number of fused-ring (bicyclic) bond motifs is 6. The quantitative estimate of drug-likeness (QED) is 0.0942. The Hall–Kier alpha value is -6.24. The van der Waals surface area contributed by atoms with Gasteiger partial charge < -0.3 is 35.2 Å². The first-order valence-corrected chi connectivity index (χ1v) is 29.1. The average Bonchev–Trinajstić information content (AvgIpc) is 4.36. The monoisotopic (exact) mass is 1130 g/mol. The van der Waals surface area contributed by atoms with Gasteiger partial charge in [-0.2, -0.15) is 10.5 Å². The van der Waals surface area contributed by atoms with Crippen molar-refractivity contribution in [2.24, 2.45) is 0 Å². The lowest BCUT2D eigenvalue weighted by molar-refractivity contribution is -0.0670. The molecule has 6 aromatic rings. The number of aromatic amines is 2. The highest BCUT2D eigenvalue weighted by atomic mass is 35.5. The second-order valence-electron chi connectivity index (χ2n) is 19.7. The third kappa shape index (κ3) is 11.2. The fourth-order valence-electron chi connectivity index (χ4n) is 10.9. The lowest BCUT2D eigenvalue weighted by Gasteiger charge is -2.38. The molecule has 0 saturated carbocycles. The van der Waals surface area contributed by atoms with E-state index in [1.807, 2.05) is 13.0 Å². The van der Waals surface area contributed by atoms with E-state index in [9.17, 15) is 36.9 Å². The number of nitrogens with two attached hydrogens (primary N) is 1. The summed E-state index contributed by atoms with van der Waals surface area (Å²) in [6.45, 7) is 15.9. The molecule has 77 heavy (non-hydrogen) atoms. The predicted octanol–water partition coefficient (Wildman–Crippen LogP) is 6.60. The smallest absolute Gasteiger partial charge is 0.265 e. The van der Waals surface area contributed by atoms with Gasteiger partial charge in [0.15, 0.2) is 0 Å². The van der Waals surface area contributed by atoms with Gasteiger partial charge in [0.25, 0.3) is 31.2 Å². The third-order valence-electron chi connectivity index (χ3n) is 14.6. The van der Waals surface area contributed by atoms with E-state index >= 15 is 0 Å². The molecular weight excluding hydrogens is 1070 g/mol. The van der Waals surface area contributed by atoms with Crippen LogP contribution in [-0.4, -0.2) is 133 Å². The Kier molecular flexibility index (Phi) is 16.6. The number of halogens is 2. The van der Waals surface area contributed by atoms with Crippen LogP contribution in [0.1, 0.15) is 56.4 Å². The number of hydrogen-bond donors (Lipinski definition) is 4. The molecule has 4 aromatic carbocycles. The largest absolute Gasteiger partial charge is 0.398 e. The van der Waals surface area contributed by atoms with Crippen LogP contribution >= 0.6 is 23.2 Å². The average molecular weight is 1130 g/mol. The molecule has 23 heteroatoms. The van der Waals surface area contributed by atoms with Crippen molar-refractivity contribution in [1.29, 1.82) is 10.5 Å². The highest BCUT2D eigenvalue weighted by Crippen LogP contribution is 2.42. The number of anilines is 4. The second kappa shape index (κ2) is 23.0. The lowest BCUT2D eigenvalue weighted by atomic mass is 10.1. The minimum atomic E-state index is -4.06. The van der Waals surface area contributed by atoms with Gasteiger partial charge >= 0.3 is 0 Å². The number of morpholine rings is 2. The Morgan fingerprint density at radius 1 is 0.805 bits per heavy atom. The number of nitriles is 2. The minimum absolute atomic E-state index is 0.0351. The van der Waals surface area contributed by atoms with Crippen molar-refractivity contribution in [3.8, 4) is 12.1 Å². The Bertz CT molecular complexity index is 3680. The van der Waals surface area contributed by atoms with Crippen molar-refractivity contribution < 1.29 is 31.0 Å². The van der Waals surface area contributed by atoms with E-state index in [0.29, 0.717) is 78.0 Å². The molecule has 3 fully saturated rings. The number of aromatic nitrogens is 2. The number of nitrogens with zero attached hydrogens (tertiary/aromatic N) is 6. The standard InChI is InChI=1S/C25H24ClN5O4S.C18H13ClN4O3S.C11H23NO2/c26-20-12-29-25(32)19-2-1-3-23(24(19)20)36(33,34)31-6-4-18-21(8-15(11-27)9-22(18)31)28-5-7-30-13-17-10-16(30)14-35-17;19-13-9-22-18(24)12-2-1-3-16(17(12)13)27(25,26)23-5-4-11-14(21)6-10(8-20)7-15(11)23;1-5-13-10(3)6-12-7-11(4)14-8-9(12)2/h1-3,8-9,12,16-17,28H,4-7,10,13-14H2,(H,29,32);1-3,6-7,9H,4-5,21H2,(H,22,24);9-11H,5-8H2,1-4H3/t16-,17-;;9-,10?,11-/m1.1/s1. The lowest BCUT2D eigenvalue weighted by Crippen LogP contribution is -2.49. The van der Waals surface area contributed by atoms with E-state index in [2.05, 4.69) is 51.9 Å². The highest BCUT2D eigenvalue weighted by Gasteiger charge is 2.39. The van der Waals surface area contributed by atoms with E-state index in [1.54, 1.807) is 18.2 Å². The zero-order chi connectivity index (χ0) is 54.9. The summed E-state index contributed by atoms with van der Waals surface area (Å²) < 4.78 is 73.9. The number of sulfonamides is 2. The van der Waals surface area contributed by atoms with E-state index in [1.165, 1.54) is 63.5 Å². The number of pyridine rings is 2. The first kappa shape index (κ1) is 55.5. The van der Waals surface area contributed by atoms with Gasteiger partial charge in [0.2, 0.25) is 0 Å². The topological polar surface area (TPSA) is 260 Å². The van der Waals surface area contributed by atoms with Crippen molar-refractivity contribution in [3.63, 3.8) is 0 Å². The molecule has 0 radical (unpaired) electrons. The summed E-state index contributed by atoms with van der Waals surface area (Å²) in [7, 11) is -8.09. The van der Waals surface area contributed by atoms with E-state index < -0.39 is 31.2 Å². The predicted molar refractivity (Wildman–Crippen MR) is 298 cm³/mol. The maximum Gasteiger partial charge on any atom is 0.265 e. The fraction of sp³-hybridized carbons (Fsp3) is 0.407. The first-order valence-electron chi connectivity index (χ1n) is 25.5. The summed E-state index contributed by atoms with van der Waals surface area (Å²) in [4.78, 5) is 34.2. The van der Waals surface area contributed by atoms with Gasteiger partial charge in [-0.3, -0.25) is 28.0 Å². The number of likely N-dealkylation sites (tertiary alicyclic amines) is 1. The maximum atomic E-state index is 13.9. The number of rotatable bonds is 12. The number of nitrogens with one attached hydrogen (secondary N) is 3. The first-order chi connectivity index (χ1) is 36.8. The summed E-state index contributed by atoms with van der Waals surface area (Å²) >= 11 is 12.5. The molecule has 11 rings (SSSR count). The zero-order valence-electron chi connectivity index (χ0n) is 43.0. The maximum absolute atomic E-state index is 13.9. The zero-order valence-corrected chi connectivity index (χ0v) is 46.2. The molecule has 1 unspecified atom stereocenters. The van der Waals surface area contributed by atoms with Crippen LogP contribution in [0.25, 0.3) is 21.5 Å². The summed E-state index contributed by atoms with van der Waals surface area (Å²) in [5.41, 5.74) is 9.35. The molecule has 5 aliphatic rings. The number of hydrogen-bond acceptors (Lipinski definition) is 15. The number of nitrogen functional groups attached to an aromatic ring is 1. The normalized spacial score (nSPS) is 20.4. The Balaban J connectivity index is 0.000000155. The van der Waals surface area contributed by atoms with Crippen LogP contribution < -0.4 is 30.8 Å². The molecule has 3 saturated heterocycles. The van der Waals surface area contributed by atoms with Gasteiger partial charge in [0.1, 0.15) is 0 Å². The molecule has 5 atom stereocenters. The van der Waals surface area contributed by atoms with Crippen LogP contribution in [0.15, 0.2) is 92.4 Å². The van der Waals surface area contributed by atoms with Crippen LogP contribution in [-0.2, 0) is 47.1 Å². The van der Waals surface area contributed by atoms with Gasteiger partial charge in [0.05, 0.1) is 86.0 Å². The van der Waals surface area contributed by atoms with Crippen LogP contribution in [0.3, 0.4) is 0 Å². The van der Waals surface area contributed by atoms with Crippen LogP contribution in [0.4, 0.5) is 22.7 Å². The molecule has 0 spiro atoms. The third-order valence-corrected chi connectivity index (χ3v) is 18.9. The van der Waals surface area contributed by atoms with Gasteiger partial charge in [-0.25, -0.2) is 16.8 Å². The van der Waals surface area contributed by atoms with E-state index in [-0.39, 0.29) is 60.0 Å².